The molecule has 1 N–H and O–H groups in total. The van der Waals surface area contributed by atoms with Crippen LogP contribution in [-0.4, -0.2) is 25.6 Å². The van der Waals surface area contributed by atoms with E-state index in [4.69, 9.17) is 9.47 Å². The van der Waals surface area contributed by atoms with Crippen molar-refractivity contribution < 1.29 is 19.1 Å². The smallest absolute Gasteiger partial charge is 0.338 e. The van der Waals surface area contributed by atoms with Gasteiger partial charge in [0.05, 0.1) is 18.4 Å². The lowest BCUT2D eigenvalue weighted by Crippen LogP contribution is -2.21. The fraction of sp³-hybridized carbons (Fsp3) is 0.263. The molecule has 1 amide bonds. The summed E-state index contributed by atoms with van der Waals surface area (Å²) in [6.07, 6.45) is 0. The molecule has 2 aromatic carbocycles. The van der Waals surface area contributed by atoms with Crippen LogP contribution in [0.5, 0.6) is 5.75 Å². The van der Waals surface area contributed by atoms with E-state index in [9.17, 15) is 9.59 Å². The lowest BCUT2D eigenvalue weighted by molar-refractivity contribution is -0.119. The first-order valence-electron chi connectivity index (χ1n) is 7.59. The number of hydrogen-bond donors (Lipinski definition) is 1. The average Bonchev–Trinajstić information content (AvgIpc) is 2.52. The van der Waals surface area contributed by atoms with Crippen molar-refractivity contribution >= 4 is 17.6 Å². The molecule has 0 aliphatic heterocycles. The Morgan fingerprint density at radius 1 is 0.958 bits per heavy atom. The molecule has 126 valence electrons. The monoisotopic (exact) mass is 327 g/mol. The van der Waals surface area contributed by atoms with Crippen molar-refractivity contribution in [3.8, 4) is 5.75 Å². The van der Waals surface area contributed by atoms with E-state index < -0.39 is 11.9 Å². The average molecular weight is 327 g/mol. The van der Waals surface area contributed by atoms with Crippen molar-refractivity contribution in [2.75, 3.05) is 19.0 Å². The lowest BCUT2D eigenvalue weighted by atomic mass is 10.1. The molecular weight excluding hydrogens is 306 g/mol. The summed E-state index contributed by atoms with van der Waals surface area (Å²) in [6, 6.07) is 10.9. The summed E-state index contributed by atoms with van der Waals surface area (Å²) in [5.41, 5.74) is 3.91. The molecule has 0 fully saturated rings. The highest BCUT2D eigenvalue weighted by atomic mass is 16.5. The van der Waals surface area contributed by atoms with Crippen LogP contribution in [0.25, 0.3) is 0 Å². The van der Waals surface area contributed by atoms with Gasteiger partial charge in [-0.1, -0.05) is 23.3 Å². The van der Waals surface area contributed by atoms with Gasteiger partial charge in [-0.2, -0.15) is 0 Å². The predicted octanol–water partition coefficient (Wildman–Crippen LogP) is 3.42. The van der Waals surface area contributed by atoms with E-state index in [1.807, 2.05) is 32.9 Å². The van der Waals surface area contributed by atoms with Crippen LogP contribution in [-0.2, 0) is 9.53 Å². The van der Waals surface area contributed by atoms with E-state index in [0.29, 0.717) is 17.0 Å². The quantitative estimate of drug-likeness (QED) is 0.855. The number of methoxy groups -OCH3 is 1. The topological polar surface area (TPSA) is 64.6 Å². The van der Waals surface area contributed by atoms with Gasteiger partial charge in [0.2, 0.25) is 0 Å². The van der Waals surface area contributed by atoms with Crippen molar-refractivity contribution in [1.29, 1.82) is 0 Å². The molecule has 0 aromatic heterocycles. The Morgan fingerprint density at radius 3 is 2.25 bits per heavy atom. The maximum absolute atomic E-state index is 12.1. The number of ether oxygens (including phenoxy) is 2. The molecular formula is C19H21NO4. The molecule has 0 bridgehead atoms. The summed E-state index contributed by atoms with van der Waals surface area (Å²) < 4.78 is 10.3. The number of esters is 1. The molecule has 0 saturated carbocycles. The van der Waals surface area contributed by atoms with Gasteiger partial charge in [-0.25, -0.2) is 4.79 Å². The molecule has 0 aliphatic carbocycles. The van der Waals surface area contributed by atoms with Crippen LogP contribution < -0.4 is 10.1 Å². The summed E-state index contributed by atoms with van der Waals surface area (Å²) in [5.74, 6) is -0.389. The van der Waals surface area contributed by atoms with E-state index in [0.717, 1.165) is 16.7 Å². The Balaban J connectivity index is 1.98. The fourth-order valence-corrected chi connectivity index (χ4v) is 2.41. The largest absolute Gasteiger partial charge is 0.495 e. The first-order chi connectivity index (χ1) is 11.4. The minimum Gasteiger partial charge on any atom is -0.495 e. The Labute approximate surface area is 141 Å². The van der Waals surface area contributed by atoms with E-state index in [1.165, 1.54) is 7.11 Å². The maximum atomic E-state index is 12.1. The Kier molecular flexibility index (Phi) is 5.58. The molecule has 0 saturated heterocycles. The molecule has 24 heavy (non-hydrogen) atoms. The highest BCUT2D eigenvalue weighted by molar-refractivity contribution is 5.96. The number of benzene rings is 2. The van der Waals surface area contributed by atoms with Gasteiger partial charge >= 0.3 is 5.97 Å². The van der Waals surface area contributed by atoms with E-state index in [2.05, 4.69) is 5.32 Å². The summed E-state index contributed by atoms with van der Waals surface area (Å²) in [4.78, 5) is 24.1. The van der Waals surface area contributed by atoms with Crippen LogP contribution in [0.2, 0.25) is 0 Å². The zero-order chi connectivity index (χ0) is 17.7. The molecule has 0 aliphatic rings. The van der Waals surface area contributed by atoms with Gasteiger partial charge in [-0.15, -0.1) is 0 Å². The summed E-state index contributed by atoms with van der Waals surface area (Å²) in [6.45, 7) is 5.36. The zero-order valence-corrected chi connectivity index (χ0v) is 14.3. The van der Waals surface area contributed by atoms with Crippen molar-refractivity contribution in [1.82, 2.24) is 0 Å². The Bertz CT molecular complexity index is 748. The van der Waals surface area contributed by atoms with Crippen molar-refractivity contribution in [3.05, 3.63) is 58.7 Å². The number of amides is 1. The number of carbonyl (C=O) groups excluding carboxylic acids is 2. The molecule has 0 radical (unpaired) electrons. The summed E-state index contributed by atoms with van der Waals surface area (Å²) in [7, 11) is 1.53. The van der Waals surface area contributed by atoms with Gasteiger partial charge in [0.25, 0.3) is 5.91 Å². The van der Waals surface area contributed by atoms with E-state index >= 15 is 0 Å². The third kappa shape index (κ3) is 4.59. The molecule has 0 atom stereocenters. The van der Waals surface area contributed by atoms with Gasteiger partial charge in [0, 0.05) is 0 Å². The highest BCUT2D eigenvalue weighted by Crippen LogP contribution is 2.25. The molecule has 0 unspecified atom stereocenters. The first-order valence-corrected chi connectivity index (χ1v) is 7.59. The number of hydrogen-bond acceptors (Lipinski definition) is 4. The Morgan fingerprint density at radius 2 is 1.62 bits per heavy atom. The minimum absolute atomic E-state index is 0.358. The van der Waals surface area contributed by atoms with E-state index in [-0.39, 0.29) is 6.61 Å². The van der Waals surface area contributed by atoms with Crippen LogP contribution in [0.1, 0.15) is 27.0 Å². The highest BCUT2D eigenvalue weighted by Gasteiger charge is 2.13. The van der Waals surface area contributed by atoms with E-state index in [1.54, 1.807) is 24.3 Å². The number of anilines is 1. The molecule has 5 heteroatoms. The van der Waals surface area contributed by atoms with Crippen LogP contribution in [0, 0.1) is 20.8 Å². The lowest BCUT2D eigenvalue weighted by Gasteiger charge is -2.11. The van der Waals surface area contributed by atoms with Crippen LogP contribution in [0.3, 0.4) is 0 Å². The van der Waals surface area contributed by atoms with Crippen molar-refractivity contribution in [2.24, 2.45) is 0 Å². The standard InChI is InChI=1S/C19H21NO4/c1-12-5-6-17(23-4)16(10-12)20-18(21)11-24-19(22)15-8-13(2)7-14(3)9-15/h5-10H,11H2,1-4H3,(H,20,21). The second kappa shape index (κ2) is 7.64. The fourth-order valence-electron chi connectivity index (χ4n) is 2.41. The van der Waals surface area contributed by atoms with Crippen molar-refractivity contribution in [2.45, 2.75) is 20.8 Å². The van der Waals surface area contributed by atoms with Crippen LogP contribution >= 0.6 is 0 Å². The first kappa shape index (κ1) is 17.5. The SMILES string of the molecule is COc1ccc(C)cc1NC(=O)COC(=O)c1cc(C)cc(C)c1. The van der Waals surface area contributed by atoms with Gasteiger partial charge in [-0.05, 0) is 50.6 Å². The second-order valence-corrected chi connectivity index (χ2v) is 5.70. The number of carbonyl (C=O) groups is 2. The van der Waals surface area contributed by atoms with Gasteiger partial charge in [0.1, 0.15) is 5.75 Å². The molecule has 0 spiro atoms. The van der Waals surface area contributed by atoms with Gasteiger partial charge in [-0.3, -0.25) is 4.79 Å². The van der Waals surface area contributed by atoms with Gasteiger partial charge in [0.15, 0.2) is 6.61 Å². The molecule has 2 aromatic rings. The minimum atomic E-state index is -0.520. The third-order valence-electron chi connectivity index (χ3n) is 3.42. The van der Waals surface area contributed by atoms with Gasteiger partial charge < -0.3 is 14.8 Å². The summed E-state index contributed by atoms with van der Waals surface area (Å²) in [5, 5.41) is 2.69. The molecule has 5 nitrogen and oxygen atoms in total. The third-order valence-corrected chi connectivity index (χ3v) is 3.42. The zero-order valence-electron chi connectivity index (χ0n) is 14.3. The predicted molar refractivity (Wildman–Crippen MR) is 92.6 cm³/mol. The molecule has 0 heterocycles. The number of aryl methyl sites for hydroxylation is 3. The molecule has 2 rings (SSSR count). The number of rotatable bonds is 5. The maximum Gasteiger partial charge on any atom is 0.338 e. The summed E-state index contributed by atoms with van der Waals surface area (Å²) >= 11 is 0. The normalized spacial score (nSPS) is 10.2. The second-order valence-electron chi connectivity index (χ2n) is 5.70. The Hall–Kier alpha value is -2.82. The van der Waals surface area contributed by atoms with Crippen LogP contribution in [0.15, 0.2) is 36.4 Å². The van der Waals surface area contributed by atoms with Crippen molar-refractivity contribution in [3.63, 3.8) is 0 Å². The van der Waals surface area contributed by atoms with Crippen LogP contribution in [0.4, 0.5) is 5.69 Å². The number of nitrogens with one attached hydrogen (secondary N) is 1.